The van der Waals surface area contributed by atoms with Crippen LogP contribution in [0.5, 0.6) is 11.5 Å². The summed E-state index contributed by atoms with van der Waals surface area (Å²) in [6.07, 6.45) is 2.94. The molecule has 1 aliphatic heterocycles. The average molecular weight is 475 g/mol. The summed E-state index contributed by atoms with van der Waals surface area (Å²) in [5.41, 5.74) is 13.0. The van der Waals surface area contributed by atoms with E-state index in [0.29, 0.717) is 49.0 Å². The Morgan fingerprint density at radius 1 is 1.14 bits per heavy atom. The number of benzene rings is 2. The fourth-order valence-electron chi connectivity index (χ4n) is 4.28. The third kappa shape index (κ3) is 5.36. The maximum absolute atomic E-state index is 12.6. The first kappa shape index (κ1) is 24.0. The van der Waals surface area contributed by atoms with Crippen molar-refractivity contribution in [3.8, 4) is 22.8 Å². The van der Waals surface area contributed by atoms with Crippen LogP contribution in [0.2, 0.25) is 0 Å². The average Bonchev–Trinajstić information content (AvgIpc) is 3.28. The third-order valence-electron chi connectivity index (χ3n) is 5.93. The second-order valence-electron chi connectivity index (χ2n) is 8.32. The van der Waals surface area contributed by atoms with Gasteiger partial charge in [-0.15, -0.1) is 0 Å². The number of likely N-dealkylation sites (tertiary alicyclic amines) is 1. The van der Waals surface area contributed by atoms with Gasteiger partial charge in [0.1, 0.15) is 28.6 Å². The van der Waals surface area contributed by atoms with Crippen molar-refractivity contribution < 1.29 is 14.3 Å². The molecule has 9 heteroatoms. The van der Waals surface area contributed by atoms with Gasteiger partial charge in [-0.05, 0) is 55.3 Å². The quantitative estimate of drug-likeness (QED) is 0.409. The first-order valence-corrected chi connectivity index (χ1v) is 11.6. The summed E-state index contributed by atoms with van der Waals surface area (Å²) in [5.74, 6) is 1.19. The van der Waals surface area contributed by atoms with E-state index >= 15 is 0 Å². The molecule has 35 heavy (non-hydrogen) atoms. The van der Waals surface area contributed by atoms with E-state index in [1.54, 1.807) is 9.58 Å². The highest BCUT2D eigenvalue weighted by molar-refractivity contribution is 6.03. The fraction of sp³-hybridized carbons (Fsp3) is 0.269. The van der Waals surface area contributed by atoms with E-state index in [9.17, 15) is 9.59 Å². The maximum Gasteiger partial charge on any atom is 0.254 e. The highest BCUT2D eigenvalue weighted by Crippen LogP contribution is 2.34. The lowest BCUT2D eigenvalue weighted by atomic mass is 10.0. The minimum atomic E-state index is -0.592. The Kier molecular flexibility index (Phi) is 7.47. The summed E-state index contributed by atoms with van der Waals surface area (Å²) in [7, 11) is 0. The molecule has 0 spiro atoms. The number of anilines is 1. The largest absolute Gasteiger partial charge is 0.457 e. The van der Waals surface area contributed by atoms with E-state index in [1.165, 1.54) is 6.08 Å². The van der Waals surface area contributed by atoms with Crippen LogP contribution in [0.25, 0.3) is 11.3 Å². The Labute approximate surface area is 204 Å². The monoisotopic (exact) mass is 474 g/mol. The van der Waals surface area contributed by atoms with Gasteiger partial charge in [-0.1, -0.05) is 24.8 Å². The smallest absolute Gasteiger partial charge is 0.254 e. The molecule has 1 fully saturated rings. The number of primary amides is 1. The van der Waals surface area contributed by atoms with Crippen molar-refractivity contribution in [3.63, 3.8) is 0 Å². The molecule has 4 rings (SSSR count). The van der Waals surface area contributed by atoms with E-state index in [1.807, 2.05) is 54.6 Å². The number of piperidine rings is 1. The van der Waals surface area contributed by atoms with E-state index in [2.05, 4.69) is 11.9 Å². The predicted molar refractivity (Wildman–Crippen MR) is 135 cm³/mol. The molecule has 2 aromatic carbocycles. The second-order valence-corrected chi connectivity index (χ2v) is 8.32. The van der Waals surface area contributed by atoms with Gasteiger partial charge in [0.15, 0.2) is 0 Å². The molecule has 0 radical (unpaired) electrons. The van der Waals surface area contributed by atoms with Gasteiger partial charge >= 0.3 is 0 Å². The lowest BCUT2D eigenvalue weighted by molar-refractivity contribution is -0.127. The highest BCUT2D eigenvalue weighted by atomic mass is 16.5. The molecular formula is C26H30N6O3. The number of nitrogens with zero attached hydrogens (tertiary/aromatic N) is 3. The van der Waals surface area contributed by atoms with Crippen LogP contribution in [0.4, 0.5) is 5.82 Å². The Bertz CT molecular complexity index is 1190. The molecule has 9 nitrogen and oxygen atoms in total. The molecule has 2 heterocycles. The lowest BCUT2D eigenvalue weighted by Crippen LogP contribution is -2.40. The van der Waals surface area contributed by atoms with Crippen LogP contribution >= 0.6 is 0 Å². The van der Waals surface area contributed by atoms with Gasteiger partial charge in [-0.3, -0.25) is 9.59 Å². The number of amides is 2. The molecular weight excluding hydrogens is 444 g/mol. The Morgan fingerprint density at radius 2 is 1.86 bits per heavy atom. The van der Waals surface area contributed by atoms with Crippen molar-refractivity contribution in [2.75, 3.05) is 31.5 Å². The molecule has 0 aliphatic carbocycles. The molecule has 182 valence electrons. The number of carbonyl (C=O) groups excluding carboxylic acids is 2. The number of carbonyl (C=O) groups is 2. The van der Waals surface area contributed by atoms with Gasteiger partial charge < -0.3 is 26.4 Å². The summed E-state index contributed by atoms with van der Waals surface area (Å²) in [6.45, 7) is 5.53. The zero-order chi connectivity index (χ0) is 24.8. The summed E-state index contributed by atoms with van der Waals surface area (Å²) < 4.78 is 7.66. The van der Waals surface area contributed by atoms with E-state index in [-0.39, 0.29) is 11.9 Å². The third-order valence-corrected chi connectivity index (χ3v) is 5.93. The van der Waals surface area contributed by atoms with Crippen molar-refractivity contribution in [1.82, 2.24) is 14.7 Å². The zero-order valence-electron chi connectivity index (χ0n) is 19.5. The van der Waals surface area contributed by atoms with Crippen LogP contribution in [0.3, 0.4) is 0 Å². The van der Waals surface area contributed by atoms with E-state index in [4.69, 9.17) is 21.3 Å². The van der Waals surface area contributed by atoms with Crippen LogP contribution < -0.4 is 21.5 Å². The number of nitrogens with one attached hydrogen (secondary N) is 1. The SMILES string of the molecule is C=CC(=O)N1CCCC(n2nc(-c3ccc(Oc4ccccc4)cc3)c(C(N)=O)c2NCCN)C1. The van der Waals surface area contributed by atoms with Crippen molar-refractivity contribution in [2.45, 2.75) is 18.9 Å². The normalized spacial score (nSPS) is 15.5. The topological polar surface area (TPSA) is 128 Å². The van der Waals surface area contributed by atoms with Gasteiger partial charge in [0, 0.05) is 31.7 Å². The minimum absolute atomic E-state index is 0.123. The number of para-hydroxylation sites is 1. The summed E-state index contributed by atoms with van der Waals surface area (Å²) in [6, 6.07) is 16.7. The van der Waals surface area contributed by atoms with Gasteiger partial charge in [0.25, 0.3) is 5.91 Å². The molecule has 0 bridgehead atoms. The summed E-state index contributed by atoms with van der Waals surface area (Å²) >= 11 is 0. The number of nitrogens with two attached hydrogens (primary N) is 2. The Balaban J connectivity index is 1.70. The van der Waals surface area contributed by atoms with Crippen molar-refractivity contribution in [2.24, 2.45) is 11.5 Å². The zero-order valence-corrected chi connectivity index (χ0v) is 19.5. The van der Waals surface area contributed by atoms with E-state index in [0.717, 1.165) is 24.2 Å². The number of hydrogen-bond acceptors (Lipinski definition) is 6. The number of aromatic nitrogens is 2. The second kappa shape index (κ2) is 10.9. The molecule has 3 aromatic rings. The lowest BCUT2D eigenvalue weighted by Gasteiger charge is -2.33. The molecule has 1 unspecified atom stereocenters. The number of hydrogen-bond donors (Lipinski definition) is 3. The van der Waals surface area contributed by atoms with Crippen molar-refractivity contribution in [1.29, 1.82) is 0 Å². The van der Waals surface area contributed by atoms with Crippen molar-refractivity contribution >= 4 is 17.6 Å². The molecule has 2 amide bonds. The van der Waals surface area contributed by atoms with Gasteiger partial charge in [-0.25, -0.2) is 4.68 Å². The summed E-state index contributed by atoms with van der Waals surface area (Å²) in [4.78, 5) is 26.6. The fourth-order valence-corrected chi connectivity index (χ4v) is 4.28. The molecule has 1 atom stereocenters. The maximum atomic E-state index is 12.6. The number of rotatable bonds is 9. The molecule has 1 aliphatic rings. The molecule has 5 N–H and O–H groups in total. The van der Waals surface area contributed by atoms with Gasteiger partial charge in [-0.2, -0.15) is 5.10 Å². The molecule has 1 aromatic heterocycles. The predicted octanol–water partition coefficient (Wildman–Crippen LogP) is 3.16. The minimum Gasteiger partial charge on any atom is -0.457 e. The van der Waals surface area contributed by atoms with Crippen LogP contribution in [-0.4, -0.2) is 52.7 Å². The summed E-state index contributed by atoms with van der Waals surface area (Å²) in [5, 5.41) is 8.05. The first-order chi connectivity index (χ1) is 17.0. The van der Waals surface area contributed by atoms with Crippen LogP contribution in [-0.2, 0) is 4.79 Å². The van der Waals surface area contributed by atoms with Crippen LogP contribution in [0, 0.1) is 0 Å². The van der Waals surface area contributed by atoms with Crippen molar-refractivity contribution in [3.05, 3.63) is 72.8 Å². The first-order valence-electron chi connectivity index (χ1n) is 11.6. The standard InChI is InChI=1S/C26H30N6O3/c1-2-22(33)31-16-6-7-19(17-31)32-26(29-15-14-27)23(25(28)34)24(30-32)18-10-12-21(13-11-18)35-20-8-4-3-5-9-20/h2-5,8-13,19,29H,1,6-7,14-17,27H2,(H2,28,34). The molecule has 0 saturated carbocycles. The van der Waals surface area contributed by atoms with Crippen LogP contribution in [0.15, 0.2) is 67.3 Å². The highest BCUT2D eigenvalue weighted by Gasteiger charge is 2.30. The Hall–Kier alpha value is -4.11. The van der Waals surface area contributed by atoms with E-state index < -0.39 is 5.91 Å². The number of ether oxygens (including phenoxy) is 1. The molecule has 1 saturated heterocycles. The van der Waals surface area contributed by atoms with Gasteiger partial charge in [0.2, 0.25) is 5.91 Å². The Morgan fingerprint density at radius 3 is 2.51 bits per heavy atom. The van der Waals surface area contributed by atoms with Gasteiger partial charge in [0.05, 0.1) is 6.04 Å². The van der Waals surface area contributed by atoms with Crippen LogP contribution in [0.1, 0.15) is 29.2 Å².